The Hall–Kier alpha value is 0.447. The minimum atomic E-state index is -2.33. The molecule has 0 N–H and O–H groups in total. The van der Waals surface area contributed by atoms with Crippen LogP contribution in [0.5, 0.6) is 0 Å². The highest BCUT2D eigenvalue weighted by molar-refractivity contribution is 7.80. The summed E-state index contributed by atoms with van der Waals surface area (Å²) in [6.45, 7) is 2.04. The molecule has 0 heterocycles. The van der Waals surface area contributed by atoms with Crippen molar-refractivity contribution < 1.29 is 13.3 Å². The highest BCUT2D eigenvalue weighted by Crippen LogP contribution is 2.17. The minimum absolute atomic E-state index is 0.359. The maximum atomic E-state index is 5.25. The molecule has 0 aromatic rings. The van der Waals surface area contributed by atoms with Crippen LogP contribution in [-0.4, -0.2) is 35.4 Å². The predicted molar refractivity (Wildman–Crippen MR) is 54.7 cm³/mol. The first-order chi connectivity index (χ1) is 5.60. The monoisotopic (exact) mass is 210 g/mol. The van der Waals surface area contributed by atoms with Gasteiger partial charge in [-0.05, 0) is 11.7 Å². The van der Waals surface area contributed by atoms with Crippen LogP contribution in [-0.2, 0) is 13.3 Å². The van der Waals surface area contributed by atoms with Gasteiger partial charge in [-0.1, -0.05) is 6.92 Å². The normalized spacial score (nSPS) is 14.8. The first-order valence-electron chi connectivity index (χ1n) is 3.93. The molecule has 0 fully saturated rings. The van der Waals surface area contributed by atoms with Crippen LogP contribution in [0, 0.1) is 0 Å². The van der Waals surface area contributed by atoms with Crippen molar-refractivity contribution in [2.24, 2.45) is 0 Å². The van der Waals surface area contributed by atoms with Crippen molar-refractivity contribution in [2.75, 3.05) is 21.3 Å². The fourth-order valence-electron chi connectivity index (χ4n) is 0.942. The Morgan fingerprint density at radius 3 is 1.83 bits per heavy atom. The smallest absolute Gasteiger partial charge is 0.377 e. The molecule has 0 aliphatic carbocycles. The molecule has 0 saturated heterocycles. The predicted octanol–water partition coefficient (Wildman–Crippen LogP) is 1.57. The zero-order valence-electron chi connectivity index (χ0n) is 8.16. The summed E-state index contributed by atoms with van der Waals surface area (Å²) in [6, 6.07) is 0.821. The zero-order chi connectivity index (χ0) is 9.61. The largest absolute Gasteiger partial charge is 0.500 e. The highest BCUT2D eigenvalue weighted by Gasteiger charge is 2.37. The minimum Gasteiger partial charge on any atom is -0.377 e. The van der Waals surface area contributed by atoms with Gasteiger partial charge >= 0.3 is 8.80 Å². The molecule has 1 unspecified atom stereocenters. The molecule has 3 nitrogen and oxygen atoms in total. The Labute approximate surface area is 81.2 Å². The fraction of sp³-hybridized carbons (Fsp3) is 1.00. The lowest BCUT2D eigenvalue weighted by molar-refractivity contribution is 0.123. The summed E-state index contributed by atoms with van der Waals surface area (Å²) in [5.74, 6) is 0. The summed E-state index contributed by atoms with van der Waals surface area (Å²) >= 11 is 4.28. The maximum Gasteiger partial charge on any atom is 0.500 e. The molecule has 12 heavy (non-hydrogen) atoms. The van der Waals surface area contributed by atoms with Crippen LogP contribution >= 0.6 is 12.6 Å². The fourth-order valence-corrected chi connectivity index (χ4v) is 3.21. The van der Waals surface area contributed by atoms with Gasteiger partial charge in [0, 0.05) is 27.4 Å². The van der Waals surface area contributed by atoms with Crippen molar-refractivity contribution in [3.05, 3.63) is 0 Å². The summed E-state index contributed by atoms with van der Waals surface area (Å²) in [5.41, 5.74) is 0. The third-order valence-electron chi connectivity index (χ3n) is 1.80. The van der Waals surface area contributed by atoms with Crippen LogP contribution < -0.4 is 0 Å². The quantitative estimate of drug-likeness (QED) is 0.533. The molecular formula is C7H18O3SSi. The second-order valence-corrected chi connectivity index (χ2v) is 6.66. The van der Waals surface area contributed by atoms with Crippen LogP contribution in [0.3, 0.4) is 0 Å². The standard InChI is InChI=1S/C7H18O3SSi/c1-7(11)5-6-12(8-2,9-3)10-4/h7,11H,5-6H2,1-4H3. The van der Waals surface area contributed by atoms with Gasteiger partial charge in [0.05, 0.1) is 0 Å². The summed E-state index contributed by atoms with van der Waals surface area (Å²) in [7, 11) is 2.55. The Kier molecular flexibility index (Phi) is 6.21. The van der Waals surface area contributed by atoms with Crippen molar-refractivity contribution in [1.82, 2.24) is 0 Å². The van der Waals surface area contributed by atoms with Gasteiger partial charge in [0.1, 0.15) is 0 Å². The molecule has 5 heteroatoms. The van der Waals surface area contributed by atoms with Gasteiger partial charge in [0.15, 0.2) is 0 Å². The Balaban J connectivity index is 3.93. The molecule has 0 bridgehead atoms. The average Bonchev–Trinajstić information content (AvgIpc) is 2.08. The van der Waals surface area contributed by atoms with Crippen LogP contribution in [0.15, 0.2) is 0 Å². The highest BCUT2D eigenvalue weighted by atomic mass is 32.1. The lowest BCUT2D eigenvalue weighted by Crippen LogP contribution is -2.42. The van der Waals surface area contributed by atoms with E-state index in [-0.39, 0.29) is 0 Å². The molecule has 0 aliphatic rings. The molecule has 74 valence electrons. The first-order valence-corrected chi connectivity index (χ1v) is 6.38. The SMILES string of the molecule is CO[Si](CCC(C)S)(OC)OC. The van der Waals surface area contributed by atoms with Gasteiger partial charge in [-0.2, -0.15) is 12.6 Å². The zero-order valence-corrected chi connectivity index (χ0v) is 10.1. The van der Waals surface area contributed by atoms with Gasteiger partial charge in [-0.25, -0.2) is 0 Å². The van der Waals surface area contributed by atoms with Crippen molar-refractivity contribution in [3.63, 3.8) is 0 Å². The van der Waals surface area contributed by atoms with Gasteiger partial charge in [0.25, 0.3) is 0 Å². The van der Waals surface area contributed by atoms with Crippen molar-refractivity contribution >= 4 is 21.4 Å². The van der Waals surface area contributed by atoms with E-state index in [0.717, 1.165) is 12.5 Å². The second kappa shape index (κ2) is 5.99. The van der Waals surface area contributed by atoms with E-state index in [1.807, 2.05) is 6.92 Å². The summed E-state index contributed by atoms with van der Waals surface area (Å²) in [5, 5.41) is 0.359. The number of hydrogen-bond acceptors (Lipinski definition) is 4. The molecular weight excluding hydrogens is 192 g/mol. The van der Waals surface area contributed by atoms with E-state index in [0.29, 0.717) is 5.25 Å². The summed E-state index contributed by atoms with van der Waals surface area (Å²) < 4.78 is 15.7. The van der Waals surface area contributed by atoms with Crippen molar-refractivity contribution in [2.45, 2.75) is 24.6 Å². The van der Waals surface area contributed by atoms with Crippen LogP contribution in [0.4, 0.5) is 0 Å². The van der Waals surface area contributed by atoms with Gasteiger partial charge < -0.3 is 13.3 Å². The van der Waals surface area contributed by atoms with E-state index in [4.69, 9.17) is 13.3 Å². The maximum absolute atomic E-state index is 5.25. The third-order valence-corrected chi connectivity index (χ3v) is 4.83. The molecule has 0 amide bonds. The molecule has 1 atom stereocenters. The topological polar surface area (TPSA) is 27.7 Å². The lowest BCUT2D eigenvalue weighted by atomic mass is 10.4. The van der Waals surface area contributed by atoms with Gasteiger partial charge in [-0.3, -0.25) is 0 Å². The molecule has 0 rings (SSSR count). The first kappa shape index (κ1) is 12.4. The Morgan fingerprint density at radius 1 is 1.17 bits per heavy atom. The van der Waals surface area contributed by atoms with Gasteiger partial charge in [0.2, 0.25) is 0 Å². The third kappa shape index (κ3) is 3.91. The summed E-state index contributed by atoms with van der Waals surface area (Å²) in [6.07, 6.45) is 0.949. The van der Waals surface area contributed by atoms with Crippen LogP contribution in [0.25, 0.3) is 0 Å². The van der Waals surface area contributed by atoms with E-state index < -0.39 is 8.80 Å². The van der Waals surface area contributed by atoms with E-state index >= 15 is 0 Å². The van der Waals surface area contributed by atoms with E-state index in [9.17, 15) is 0 Å². The Bertz CT molecular complexity index is 109. The van der Waals surface area contributed by atoms with Crippen molar-refractivity contribution in [1.29, 1.82) is 0 Å². The number of thiol groups is 1. The van der Waals surface area contributed by atoms with E-state index in [1.165, 1.54) is 0 Å². The molecule has 0 saturated carbocycles. The molecule has 0 aromatic heterocycles. The van der Waals surface area contributed by atoms with Crippen LogP contribution in [0.1, 0.15) is 13.3 Å². The molecule has 0 radical (unpaired) electrons. The lowest BCUT2D eigenvalue weighted by Gasteiger charge is -2.24. The molecule has 0 aromatic carbocycles. The average molecular weight is 210 g/mol. The van der Waals surface area contributed by atoms with E-state index in [1.54, 1.807) is 21.3 Å². The van der Waals surface area contributed by atoms with Crippen LogP contribution in [0.2, 0.25) is 6.04 Å². The van der Waals surface area contributed by atoms with E-state index in [2.05, 4.69) is 12.6 Å². The molecule has 0 aliphatic heterocycles. The van der Waals surface area contributed by atoms with Gasteiger partial charge in [-0.15, -0.1) is 0 Å². The summed E-state index contributed by atoms with van der Waals surface area (Å²) in [4.78, 5) is 0. The number of hydrogen-bond donors (Lipinski definition) is 1. The Morgan fingerprint density at radius 2 is 1.58 bits per heavy atom. The molecule has 0 spiro atoms. The number of rotatable bonds is 6. The second-order valence-electron chi connectivity index (χ2n) is 2.68. The van der Waals surface area contributed by atoms with Crippen molar-refractivity contribution in [3.8, 4) is 0 Å².